The van der Waals surface area contributed by atoms with Gasteiger partial charge >= 0.3 is 0 Å². The first-order valence-corrected chi connectivity index (χ1v) is 9.71. The Morgan fingerprint density at radius 2 is 1.68 bits per heavy atom. The second-order valence-electron chi connectivity index (χ2n) is 5.95. The second-order valence-corrected chi connectivity index (χ2v) is 8.33. The second kappa shape index (κ2) is 7.15. The summed E-state index contributed by atoms with van der Waals surface area (Å²) in [4.78, 5) is 13.0. The number of hydrogen-bond donors (Lipinski definition) is 0. The number of benzene rings is 1. The highest BCUT2D eigenvalue weighted by Crippen LogP contribution is 2.21. The molecule has 0 bridgehead atoms. The van der Waals surface area contributed by atoms with E-state index in [1.807, 2.05) is 30.0 Å². The molecule has 1 aromatic heterocycles. The fourth-order valence-electron chi connectivity index (χ4n) is 2.62. The van der Waals surface area contributed by atoms with E-state index in [0.29, 0.717) is 37.1 Å². The molecule has 0 saturated carbocycles. The molecule has 1 saturated heterocycles. The molecule has 25 heavy (non-hydrogen) atoms. The van der Waals surface area contributed by atoms with Gasteiger partial charge in [-0.25, -0.2) is 13.4 Å². The Hall–Kier alpha value is -1.90. The Kier molecular flexibility index (Phi) is 5.12. The minimum absolute atomic E-state index is 0.260. The lowest BCUT2D eigenvalue weighted by molar-refractivity contribution is 0.382. The average Bonchev–Trinajstić information content (AvgIpc) is 2.62. The molecule has 1 aliphatic heterocycles. The van der Waals surface area contributed by atoms with Crippen LogP contribution in [-0.4, -0.2) is 63.0 Å². The van der Waals surface area contributed by atoms with Crippen LogP contribution in [0.1, 0.15) is 0 Å². The van der Waals surface area contributed by atoms with E-state index >= 15 is 0 Å². The number of anilines is 2. The fraction of sp³-hybridized carbons (Fsp3) is 0.375. The predicted molar refractivity (Wildman–Crippen MR) is 98.8 cm³/mol. The van der Waals surface area contributed by atoms with Crippen LogP contribution >= 0.6 is 11.6 Å². The largest absolute Gasteiger partial charge is 0.363 e. The van der Waals surface area contributed by atoms with E-state index < -0.39 is 10.0 Å². The van der Waals surface area contributed by atoms with Crippen molar-refractivity contribution in [2.24, 2.45) is 0 Å². The highest BCUT2D eigenvalue weighted by atomic mass is 35.5. The van der Waals surface area contributed by atoms with Crippen molar-refractivity contribution in [1.29, 1.82) is 0 Å². The van der Waals surface area contributed by atoms with Crippen molar-refractivity contribution in [1.82, 2.24) is 14.3 Å². The summed E-state index contributed by atoms with van der Waals surface area (Å²) in [6.07, 6.45) is 1.72. The number of aromatic nitrogens is 2. The average molecular weight is 382 g/mol. The van der Waals surface area contributed by atoms with Crippen molar-refractivity contribution in [2.45, 2.75) is 4.90 Å². The monoisotopic (exact) mass is 381 g/mol. The van der Waals surface area contributed by atoms with Gasteiger partial charge in [-0.3, -0.25) is 0 Å². The van der Waals surface area contributed by atoms with E-state index in [0.717, 1.165) is 5.82 Å². The zero-order chi connectivity index (χ0) is 18.0. The van der Waals surface area contributed by atoms with E-state index in [2.05, 4.69) is 9.97 Å². The molecule has 1 fully saturated rings. The van der Waals surface area contributed by atoms with Crippen molar-refractivity contribution >= 4 is 33.4 Å². The maximum absolute atomic E-state index is 12.7. The van der Waals surface area contributed by atoms with Crippen molar-refractivity contribution < 1.29 is 8.42 Å². The first-order chi connectivity index (χ1) is 11.9. The molecule has 0 N–H and O–H groups in total. The lowest BCUT2D eigenvalue weighted by Crippen LogP contribution is -2.49. The number of nitrogens with zero attached hydrogens (tertiary/aromatic N) is 5. The molecule has 9 heteroatoms. The van der Waals surface area contributed by atoms with Gasteiger partial charge in [0.2, 0.25) is 16.0 Å². The molecular weight excluding hydrogens is 362 g/mol. The first kappa shape index (κ1) is 17.9. The van der Waals surface area contributed by atoms with E-state index in [9.17, 15) is 8.42 Å². The van der Waals surface area contributed by atoms with Crippen molar-refractivity contribution in [2.75, 3.05) is 50.1 Å². The Morgan fingerprint density at radius 1 is 1.04 bits per heavy atom. The molecule has 134 valence electrons. The third kappa shape index (κ3) is 3.86. The number of rotatable bonds is 4. The molecule has 0 radical (unpaired) electrons. The minimum Gasteiger partial charge on any atom is -0.363 e. The quantitative estimate of drug-likeness (QED) is 0.803. The summed E-state index contributed by atoms with van der Waals surface area (Å²) in [5, 5.41) is 0.515. The van der Waals surface area contributed by atoms with Crippen LogP contribution in [0, 0.1) is 0 Å². The van der Waals surface area contributed by atoms with Crippen LogP contribution in [0.4, 0.5) is 11.8 Å². The Balaban J connectivity index is 1.71. The number of halogens is 1. The molecule has 0 aliphatic carbocycles. The minimum atomic E-state index is -3.51. The standard InChI is InChI=1S/C16H20ClN5O2S/c1-20(2)15-7-8-18-16(19-15)21-9-11-22(12-10-21)25(23,24)14-5-3-13(17)4-6-14/h3-8H,9-12H2,1-2H3. The Bertz CT molecular complexity index is 834. The molecule has 0 unspecified atom stereocenters. The van der Waals surface area contributed by atoms with E-state index in [4.69, 9.17) is 11.6 Å². The van der Waals surface area contributed by atoms with Crippen LogP contribution in [0.5, 0.6) is 0 Å². The van der Waals surface area contributed by atoms with Gasteiger partial charge < -0.3 is 9.80 Å². The first-order valence-electron chi connectivity index (χ1n) is 7.89. The Labute approximate surface area is 152 Å². The maximum atomic E-state index is 12.7. The van der Waals surface area contributed by atoms with E-state index in [-0.39, 0.29) is 4.90 Å². The topological polar surface area (TPSA) is 69.6 Å². The summed E-state index contributed by atoms with van der Waals surface area (Å²) < 4.78 is 26.9. The molecule has 1 aromatic carbocycles. The summed E-state index contributed by atoms with van der Waals surface area (Å²) in [6, 6.07) is 8.09. The molecule has 0 amide bonds. The summed E-state index contributed by atoms with van der Waals surface area (Å²) in [5.41, 5.74) is 0. The van der Waals surface area contributed by atoms with Gasteiger partial charge in [0.05, 0.1) is 4.90 Å². The van der Waals surface area contributed by atoms with Gasteiger partial charge in [0.15, 0.2) is 0 Å². The van der Waals surface area contributed by atoms with Crippen LogP contribution < -0.4 is 9.80 Å². The number of hydrogen-bond acceptors (Lipinski definition) is 6. The van der Waals surface area contributed by atoms with Crippen molar-refractivity contribution in [3.63, 3.8) is 0 Å². The van der Waals surface area contributed by atoms with E-state index in [1.165, 1.54) is 16.4 Å². The van der Waals surface area contributed by atoms with Gasteiger partial charge in [0, 0.05) is 51.5 Å². The number of sulfonamides is 1. The molecule has 1 aliphatic rings. The molecule has 7 nitrogen and oxygen atoms in total. The van der Waals surface area contributed by atoms with Gasteiger partial charge in [0.25, 0.3) is 0 Å². The maximum Gasteiger partial charge on any atom is 0.243 e. The molecule has 2 heterocycles. The SMILES string of the molecule is CN(C)c1ccnc(N2CCN(S(=O)(=O)c3ccc(Cl)cc3)CC2)n1. The number of piperazine rings is 1. The van der Waals surface area contributed by atoms with Crippen molar-refractivity contribution in [3.8, 4) is 0 Å². The molecule has 0 spiro atoms. The van der Waals surface area contributed by atoms with Gasteiger partial charge in [-0.2, -0.15) is 9.29 Å². The zero-order valence-electron chi connectivity index (χ0n) is 14.1. The van der Waals surface area contributed by atoms with Gasteiger partial charge in [-0.05, 0) is 30.3 Å². The van der Waals surface area contributed by atoms with E-state index in [1.54, 1.807) is 18.3 Å². The molecule has 3 rings (SSSR count). The highest BCUT2D eigenvalue weighted by molar-refractivity contribution is 7.89. The van der Waals surface area contributed by atoms with Crippen molar-refractivity contribution in [3.05, 3.63) is 41.6 Å². The molecular formula is C16H20ClN5O2S. The van der Waals surface area contributed by atoms with Gasteiger partial charge in [-0.15, -0.1) is 0 Å². The van der Waals surface area contributed by atoms with Crippen LogP contribution in [0.3, 0.4) is 0 Å². The normalized spacial score (nSPS) is 16.0. The predicted octanol–water partition coefficient (Wildman–Crippen LogP) is 1.71. The van der Waals surface area contributed by atoms with Crippen LogP contribution in [0.25, 0.3) is 0 Å². The summed E-state index contributed by atoms with van der Waals surface area (Å²) in [5.74, 6) is 1.44. The third-order valence-corrected chi connectivity index (χ3v) is 6.22. The smallest absolute Gasteiger partial charge is 0.243 e. The lowest BCUT2D eigenvalue weighted by Gasteiger charge is -2.34. The van der Waals surface area contributed by atoms with Gasteiger partial charge in [0.1, 0.15) is 5.82 Å². The zero-order valence-corrected chi connectivity index (χ0v) is 15.7. The molecule has 0 atom stereocenters. The fourth-order valence-corrected chi connectivity index (χ4v) is 4.17. The van der Waals surface area contributed by atoms with Crippen LogP contribution in [0.15, 0.2) is 41.4 Å². The lowest BCUT2D eigenvalue weighted by atomic mass is 10.4. The van der Waals surface area contributed by atoms with Gasteiger partial charge in [-0.1, -0.05) is 11.6 Å². The third-order valence-electron chi connectivity index (χ3n) is 4.06. The molecule has 2 aromatic rings. The summed E-state index contributed by atoms with van der Waals surface area (Å²) in [7, 11) is 0.332. The summed E-state index contributed by atoms with van der Waals surface area (Å²) >= 11 is 5.84. The summed E-state index contributed by atoms with van der Waals surface area (Å²) in [6.45, 7) is 1.87. The van der Waals surface area contributed by atoms with Crippen LogP contribution in [-0.2, 0) is 10.0 Å². The highest BCUT2D eigenvalue weighted by Gasteiger charge is 2.29. The Morgan fingerprint density at radius 3 is 2.28 bits per heavy atom. The van der Waals surface area contributed by atoms with Crippen LogP contribution in [0.2, 0.25) is 5.02 Å².